The number of rotatable bonds is 10. The molecule has 122 valence electrons. The fourth-order valence-corrected chi connectivity index (χ4v) is 2.83. The number of halogens is 4. The van der Waals surface area contributed by atoms with Crippen LogP contribution in [0.15, 0.2) is 12.1 Å². The fourth-order valence-electron chi connectivity index (χ4n) is 2.02. The van der Waals surface area contributed by atoms with Gasteiger partial charge in [0.1, 0.15) is 17.7 Å². The summed E-state index contributed by atoms with van der Waals surface area (Å²) in [5.41, 5.74) is 0.496. The molecule has 0 fully saturated rings. The molecule has 0 unspecified atom stereocenters. The van der Waals surface area contributed by atoms with Gasteiger partial charge >= 0.3 is 0 Å². The molecule has 0 aromatic carbocycles. The second kappa shape index (κ2) is 11.0. The lowest BCUT2D eigenvalue weighted by Gasteiger charge is -2.26. The van der Waals surface area contributed by atoms with Crippen LogP contribution in [-0.2, 0) is 0 Å². The van der Waals surface area contributed by atoms with E-state index >= 15 is 0 Å². The Labute approximate surface area is 151 Å². The minimum atomic E-state index is 0.431. The van der Waals surface area contributed by atoms with E-state index in [1.54, 1.807) is 12.1 Å². The monoisotopic (exact) mass is 382 g/mol. The summed E-state index contributed by atoms with van der Waals surface area (Å²) >= 11 is 23.3. The van der Waals surface area contributed by atoms with Crippen molar-refractivity contribution in [3.05, 3.63) is 17.7 Å². The van der Waals surface area contributed by atoms with Crippen molar-refractivity contribution < 1.29 is 0 Å². The number of pyridine rings is 1. The minimum Gasteiger partial charge on any atom is -0.354 e. The van der Waals surface area contributed by atoms with Crippen LogP contribution in [0.2, 0.25) is 0 Å². The van der Waals surface area contributed by atoms with Crippen LogP contribution >= 0.6 is 46.4 Å². The lowest BCUT2D eigenvalue weighted by Crippen LogP contribution is -2.32. The Morgan fingerprint density at radius 1 is 0.864 bits per heavy atom. The molecule has 1 rings (SSSR count). The molecule has 0 bridgehead atoms. The number of hydrogen-bond acceptors (Lipinski definition) is 4. The van der Waals surface area contributed by atoms with Crippen molar-refractivity contribution in [3.63, 3.8) is 0 Å². The summed E-state index contributed by atoms with van der Waals surface area (Å²) in [4.78, 5) is 8.52. The van der Waals surface area contributed by atoms with Gasteiger partial charge in [0, 0.05) is 49.7 Å². The number of anilines is 2. The predicted molar refractivity (Wildman–Crippen MR) is 96.3 cm³/mol. The van der Waals surface area contributed by atoms with E-state index < -0.39 is 0 Å². The Kier molecular flexibility index (Phi) is 9.74. The minimum absolute atomic E-state index is 0.431. The van der Waals surface area contributed by atoms with Gasteiger partial charge in [-0.1, -0.05) is 0 Å². The van der Waals surface area contributed by atoms with E-state index in [9.17, 15) is 5.26 Å². The molecule has 8 heteroatoms. The first kappa shape index (κ1) is 19.4. The third-order valence-electron chi connectivity index (χ3n) is 3.02. The van der Waals surface area contributed by atoms with Crippen molar-refractivity contribution in [2.24, 2.45) is 0 Å². The Hall–Kier alpha value is -0.600. The molecule has 0 N–H and O–H groups in total. The molecule has 0 saturated heterocycles. The topological polar surface area (TPSA) is 43.2 Å². The standard InChI is InChI=1S/C14H18Cl4N4/c15-3-7-21(8-4-16)13-2-1-12(11-19)14(20-13)22(9-5-17)10-6-18/h1-2H,3-10H2. The van der Waals surface area contributed by atoms with E-state index in [0.717, 1.165) is 5.82 Å². The normalized spacial score (nSPS) is 10.3. The summed E-state index contributed by atoms with van der Waals surface area (Å²) in [6, 6.07) is 5.72. The van der Waals surface area contributed by atoms with Gasteiger partial charge in [0.25, 0.3) is 0 Å². The molecular formula is C14H18Cl4N4. The van der Waals surface area contributed by atoms with E-state index in [0.29, 0.717) is 61.1 Å². The van der Waals surface area contributed by atoms with Crippen LogP contribution in [0.5, 0.6) is 0 Å². The van der Waals surface area contributed by atoms with E-state index in [2.05, 4.69) is 11.1 Å². The van der Waals surface area contributed by atoms with Crippen molar-refractivity contribution in [3.8, 4) is 6.07 Å². The number of hydrogen-bond donors (Lipinski definition) is 0. The third kappa shape index (κ3) is 5.55. The zero-order valence-corrected chi connectivity index (χ0v) is 15.1. The maximum Gasteiger partial charge on any atom is 0.149 e. The summed E-state index contributed by atoms with van der Waals surface area (Å²) in [6.07, 6.45) is 0. The van der Waals surface area contributed by atoms with Crippen LogP contribution < -0.4 is 9.80 Å². The molecule has 1 heterocycles. The first-order chi connectivity index (χ1) is 10.7. The molecule has 0 saturated carbocycles. The Bertz CT molecular complexity index is 480. The van der Waals surface area contributed by atoms with Crippen molar-refractivity contribution in [1.29, 1.82) is 5.26 Å². The van der Waals surface area contributed by atoms with Crippen molar-refractivity contribution in [2.45, 2.75) is 0 Å². The van der Waals surface area contributed by atoms with Gasteiger partial charge in [-0.15, -0.1) is 46.4 Å². The van der Waals surface area contributed by atoms with Gasteiger partial charge in [-0.25, -0.2) is 4.98 Å². The lowest BCUT2D eigenvalue weighted by molar-refractivity contribution is 0.823. The van der Waals surface area contributed by atoms with E-state index in [4.69, 9.17) is 46.4 Å². The molecule has 1 aromatic heterocycles. The molecule has 0 atom stereocenters. The number of alkyl halides is 4. The molecule has 0 amide bonds. The number of aromatic nitrogens is 1. The van der Waals surface area contributed by atoms with Gasteiger partial charge in [0.05, 0.1) is 5.56 Å². The molecule has 0 spiro atoms. The first-order valence-corrected chi connectivity index (χ1v) is 9.00. The molecule has 0 aliphatic carbocycles. The van der Waals surface area contributed by atoms with Crippen molar-refractivity contribution in [1.82, 2.24) is 4.98 Å². The average molecular weight is 384 g/mol. The summed E-state index contributed by atoms with van der Waals surface area (Å²) in [6.45, 7) is 2.42. The second-order valence-corrected chi connectivity index (χ2v) is 5.89. The number of nitrogens with zero attached hydrogens (tertiary/aromatic N) is 4. The van der Waals surface area contributed by atoms with Gasteiger partial charge < -0.3 is 9.80 Å². The van der Waals surface area contributed by atoms with E-state index in [-0.39, 0.29) is 0 Å². The Balaban J connectivity index is 3.17. The largest absolute Gasteiger partial charge is 0.354 e. The van der Waals surface area contributed by atoms with Crippen LogP contribution in [0.25, 0.3) is 0 Å². The van der Waals surface area contributed by atoms with Crippen LogP contribution in [0.1, 0.15) is 5.56 Å². The van der Waals surface area contributed by atoms with Crippen LogP contribution in [0.3, 0.4) is 0 Å². The molecule has 4 nitrogen and oxygen atoms in total. The Morgan fingerprint density at radius 2 is 1.36 bits per heavy atom. The van der Waals surface area contributed by atoms with Gasteiger partial charge in [-0.05, 0) is 12.1 Å². The highest BCUT2D eigenvalue weighted by Gasteiger charge is 2.16. The summed E-state index contributed by atoms with van der Waals surface area (Å²) < 4.78 is 0. The zero-order chi connectivity index (χ0) is 16.4. The smallest absolute Gasteiger partial charge is 0.149 e. The SMILES string of the molecule is N#Cc1ccc(N(CCCl)CCCl)nc1N(CCCl)CCCl. The second-order valence-electron chi connectivity index (χ2n) is 4.38. The molecule has 0 aliphatic heterocycles. The van der Waals surface area contributed by atoms with E-state index in [1.807, 2.05) is 9.80 Å². The van der Waals surface area contributed by atoms with Gasteiger partial charge in [0.2, 0.25) is 0 Å². The third-order valence-corrected chi connectivity index (χ3v) is 3.70. The van der Waals surface area contributed by atoms with E-state index in [1.165, 1.54) is 0 Å². The highest BCUT2D eigenvalue weighted by Crippen LogP contribution is 2.22. The number of nitriles is 1. The molecule has 22 heavy (non-hydrogen) atoms. The zero-order valence-electron chi connectivity index (χ0n) is 12.1. The predicted octanol–water partition coefficient (Wildman–Crippen LogP) is 3.52. The first-order valence-electron chi connectivity index (χ1n) is 6.86. The lowest BCUT2D eigenvalue weighted by atomic mass is 10.2. The maximum atomic E-state index is 9.30. The average Bonchev–Trinajstić information content (AvgIpc) is 2.54. The maximum absolute atomic E-state index is 9.30. The summed E-state index contributed by atoms with van der Waals surface area (Å²) in [5, 5.41) is 9.30. The van der Waals surface area contributed by atoms with Gasteiger partial charge in [-0.3, -0.25) is 0 Å². The van der Waals surface area contributed by atoms with Crippen LogP contribution in [0, 0.1) is 11.3 Å². The summed E-state index contributed by atoms with van der Waals surface area (Å²) in [5.74, 6) is 3.14. The van der Waals surface area contributed by atoms with Crippen LogP contribution in [-0.4, -0.2) is 54.7 Å². The fraction of sp³-hybridized carbons (Fsp3) is 0.571. The van der Waals surface area contributed by atoms with Crippen molar-refractivity contribution >= 4 is 58.0 Å². The highest BCUT2D eigenvalue weighted by atomic mass is 35.5. The molecule has 1 aromatic rings. The Morgan fingerprint density at radius 3 is 1.82 bits per heavy atom. The van der Waals surface area contributed by atoms with Crippen LogP contribution in [0.4, 0.5) is 11.6 Å². The summed E-state index contributed by atoms with van der Waals surface area (Å²) in [7, 11) is 0. The van der Waals surface area contributed by atoms with Crippen molar-refractivity contribution in [2.75, 3.05) is 59.5 Å². The van der Waals surface area contributed by atoms with Gasteiger partial charge in [0.15, 0.2) is 0 Å². The molecular weight excluding hydrogens is 366 g/mol. The van der Waals surface area contributed by atoms with Gasteiger partial charge in [-0.2, -0.15) is 5.26 Å². The highest BCUT2D eigenvalue weighted by molar-refractivity contribution is 6.19. The molecule has 0 aliphatic rings. The molecule has 0 radical (unpaired) electrons. The quantitative estimate of drug-likeness (QED) is 0.579.